The van der Waals surface area contributed by atoms with Crippen molar-refractivity contribution in [2.45, 2.75) is 47.0 Å². The quantitative estimate of drug-likeness (QED) is 0.498. The van der Waals surface area contributed by atoms with E-state index in [1.807, 2.05) is 0 Å². The first-order valence-electron chi connectivity index (χ1n) is 4.98. The normalized spacial score (nSPS) is 53.5. The van der Waals surface area contributed by atoms with Crippen LogP contribution in [0.5, 0.6) is 0 Å². The van der Waals surface area contributed by atoms with Crippen molar-refractivity contribution in [1.29, 1.82) is 0 Å². The van der Waals surface area contributed by atoms with Gasteiger partial charge in [-0.05, 0) is 41.9 Å². The number of rotatable bonds is 0. The van der Waals surface area contributed by atoms with E-state index >= 15 is 0 Å². The summed E-state index contributed by atoms with van der Waals surface area (Å²) in [6.45, 7) is 9.91. The fourth-order valence-electron chi connectivity index (χ4n) is 3.60. The van der Waals surface area contributed by atoms with E-state index in [-0.39, 0.29) is 0 Å². The molecule has 0 N–H and O–H groups in total. The third-order valence-corrected chi connectivity index (χ3v) is 5.23. The molecule has 0 heteroatoms. The van der Waals surface area contributed by atoms with Crippen molar-refractivity contribution in [3.63, 3.8) is 0 Å². The van der Waals surface area contributed by atoms with Crippen LogP contribution in [0.3, 0.4) is 0 Å². The maximum Gasteiger partial charge on any atom is -0.0246 e. The lowest BCUT2D eigenvalue weighted by molar-refractivity contribution is 0.112. The van der Waals surface area contributed by atoms with Gasteiger partial charge in [0.1, 0.15) is 0 Å². The van der Waals surface area contributed by atoms with E-state index in [2.05, 4.69) is 27.7 Å². The molecule has 0 heterocycles. The molecule has 64 valence electrons. The van der Waals surface area contributed by atoms with Gasteiger partial charge in [0.15, 0.2) is 0 Å². The van der Waals surface area contributed by atoms with E-state index in [4.69, 9.17) is 0 Å². The number of fused-ring (bicyclic) bond motifs is 2. The van der Waals surface area contributed by atoms with Crippen LogP contribution in [-0.2, 0) is 0 Å². The molecule has 0 nitrogen and oxygen atoms in total. The molecular formula is C11H20. The van der Waals surface area contributed by atoms with Gasteiger partial charge in [-0.25, -0.2) is 0 Å². The van der Waals surface area contributed by atoms with Gasteiger partial charge in [0, 0.05) is 0 Å². The van der Waals surface area contributed by atoms with E-state index in [1.54, 1.807) is 0 Å². The summed E-state index contributed by atoms with van der Waals surface area (Å²) in [4.78, 5) is 0. The molecule has 2 unspecified atom stereocenters. The molecule has 0 amide bonds. The predicted octanol–water partition coefficient (Wildman–Crippen LogP) is 3.47. The molecule has 3 atom stereocenters. The van der Waals surface area contributed by atoms with E-state index in [1.165, 1.54) is 19.3 Å². The average Bonchev–Trinajstić information content (AvgIpc) is 2.20. The van der Waals surface area contributed by atoms with Crippen molar-refractivity contribution >= 4 is 0 Å². The fourth-order valence-corrected chi connectivity index (χ4v) is 3.60. The highest BCUT2D eigenvalue weighted by atomic mass is 14.6. The largest absolute Gasteiger partial charge is 0.0620 e. The molecule has 0 aromatic rings. The molecule has 2 fully saturated rings. The smallest absolute Gasteiger partial charge is 0.0246 e. The fraction of sp³-hybridized carbons (Fsp3) is 1.00. The second-order valence-electron chi connectivity index (χ2n) is 5.51. The van der Waals surface area contributed by atoms with Crippen molar-refractivity contribution in [3.8, 4) is 0 Å². The Bertz CT molecular complexity index is 180. The minimum Gasteiger partial charge on any atom is -0.0620 e. The Morgan fingerprint density at radius 2 is 1.82 bits per heavy atom. The van der Waals surface area contributed by atoms with Crippen LogP contribution in [0.1, 0.15) is 47.0 Å². The Morgan fingerprint density at radius 3 is 2.00 bits per heavy atom. The van der Waals surface area contributed by atoms with Crippen LogP contribution in [0, 0.1) is 22.7 Å². The van der Waals surface area contributed by atoms with Gasteiger partial charge in [-0.3, -0.25) is 0 Å². The highest BCUT2D eigenvalue weighted by Gasteiger charge is 2.59. The summed E-state index contributed by atoms with van der Waals surface area (Å²) >= 11 is 0. The zero-order chi connectivity index (χ0) is 8.28. The molecule has 2 rings (SSSR count). The molecule has 2 bridgehead atoms. The Labute approximate surface area is 70.4 Å². The van der Waals surface area contributed by atoms with Crippen molar-refractivity contribution in [2.24, 2.45) is 22.7 Å². The number of hydrogen-bond acceptors (Lipinski definition) is 0. The standard InChI is InChI=1S/C11H20/c1-8-7-9-5-6-11(8,4)10(9,2)3/h8-9H,5-7H2,1-4H3/t8-,9?,11?/m0/s1. The van der Waals surface area contributed by atoms with E-state index in [9.17, 15) is 0 Å². The van der Waals surface area contributed by atoms with Gasteiger partial charge < -0.3 is 0 Å². The van der Waals surface area contributed by atoms with E-state index < -0.39 is 0 Å². The van der Waals surface area contributed by atoms with E-state index in [0.29, 0.717) is 10.8 Å². The van der Waals surface area contributed by atoms with Gasteiger partial charge in [0.25, 0.3) is 0 Å². The minimum absolute atomic E-state index is 0.631. The monoisotopic (exact) mass is 152 g/mol. The summed E-state index contributed by atoms with van der Waals surface area (Å²) in [6, 6.07) is 0. The number of hydrogen-bond donors (Lipinski definition) is 0. The molecule has 11 heavy (non-hydrogen) atoms. The third-order valence-electron chi connectivity index (χ3n) is 5.23. The molecule has 0 saturated heterocycles. The van der Waals surface area contributed by atoms with Gasteiger partial charge in [0.05, 0.1) is 0 Å². The maximum atomic E-state index is 2.50. The predicted molar refractivity (Wildman–Crippen MR) is 48.4 cm³/mol. The van der Waals surface area contributed by atoms with Gasteiger partial charge in [-0.2, -0.15) is 0 Å². The van der Waals surface area contributed by atoms with Gasteiger partial charge in [0.2, 0.25) is 0 Å². The molecule has 0 aromatic heterocycles. The first-order chi connectivity index (χ1) is 4.98. The Kier molecular flexibility index (Phi) is 1.28. The third kappa shape index (κ3) is 0.666. The van der Waals surface area contributed by atoms with Crippen LogP contribution in [0.25, 0.3) is 0 Å². The van der Waals surface area contributed by atoms with Crippen LogP contribution in [0.15, 0.2) is 0 Å². The van der Waals surface area contributed by atoms with Crippen LogP contribution in [0.4, 0.5) is 0 Å². The maximum absolute atomic E-state index is 2.50. The van der Waals surface area contributed by atoms with Crippen molar-refractivity contribution in [3.05, 3.63) is 0 Å². The van der Waals surface area contributed by atoms with Crippen LogP contribution in [-0.4, -0.2) is 0 Å². The molecule has 0 spiro atoms. The Hall–Kier alpha value is 0. The topological polar surface area (TPSA) is 0 Å². The van der Waals surface area contributed by atoms with Crippen molar-refractivity contribution in [1.82, 2.24) is 0 Å². The zero-order valence-electron chi connectivity index (χ0n) is 8.28. The Balaban J connectivity index is 2.40. The minimum atomic E-state index is 0.631. The van der Waals surface area contributed by atoms with Crippen molar-refractivity contribution in [2.75, 3.05) is 0 Å². The van der Waals surface area contributed by atoms with Gasteiger partial charge >= 0.3 is 0 Å². The second-order valence-corrected chi connectivity index (χ2v) is 5.51. The molecule has 0 aromatic carbocycles. The zero-order valence-corrected chi connectivity index (χ0v) is 8.28. The molecule has 2 saturated carbocycles. The first kappa shape index (κ1) is 7.64. The highest BCUT2D eigenvalue weighted by Crippen LogP contribution is 2.67. The Morgan fingerprint density at radius 1 is 1.18 bits per heavy atom. The van der Waals surface area contributed by atoms with Crippen LogP contribution in [0.2, 0.25) is 0 Å². The lowest BCUT2D eigenvalue weighted by Crippen LogP contribution is -2.30. The average molecular weight is 152 g/mol. The second kappa shape index (κ2) is 1.84. The van der Waals surface area contributed by atoms with Gasteiger partial charge in [-0.1, -0.05) is 27.7 Å². The summed E-state index contributed by atoms with van der Waals surface area (Å²) in [7, 11) is 0. The summed E-state index contributed by atoms with van der Waals surface area (Å²) in [5, 5.41) is 0. The first-order valence-corrected chi connectivity index (χ1v) is 4.98. The molecular weight excluding hydrogens is 132 g/mol. The van der Waals surface area contributed by atoms with Gasteiger partial charge in [-0.15, -0.1) is 0 Å². The summed E-state index contributed by atoms with van der Waals surface area (Å²) < 4.78 is 0. The van der Waals surface area contributed by atoms with Crippen molar-refractivity contribution < 1.29 is 0 Å². The van der Waals surface area contributed by atoms with Crippen LogP contribution >= 0.6 is 0 Å². The molecule has 0 radical (unpaired) electrons. The summed E-state index contributed by atoms with van der Waals surface area (Å²) in [5.41, 5.74) is 1.30. The highest BCUT2D eigenvalue weighted by molar-refractivity contribution is 5.08. The molecule has 2 aliphatic rings. The lowest BCUT2D eigenvalue weighted by Gasteiger charge is -2.37. The van der Waals surface area contributed by atoms with E-state index in [0.717, 1.165) is 11.8 Å². The summed E-state index contributed by atoms with van der Waals surface area (Å²) in [6.07, 6.45) is 4.46. The summed E-state index contributed by atoms with van der Waals surface area (Å²) in [5.74, 6) is 2.00. The van der Waals surface area contributed by atoms with Crippen LogP contribution < -0.4 is 0 Å². The SMILES string of the molecule is C[C@H]1CC2CCC1(C)C2(C)C. The molecule has 0 aliphatic heterocycles. The molecule has 2 aliphatic carbocycles. The lowest BCUT2D eigenvalue weighted by atomic mass is 9.67.